The molecule has 1 fully saturated rings. The lowest BCUT2D eigenvalue weighted by Crippen LogP contribution is -2.35. The van der Waals surface area contributed by atoms with Gasteiger partial charge in [-0.25, -0.2) is 4.98 Å². The minimum Gasteiger partial charge on any atom is -0.370 e. The van der Waals surface area contributed by atoms with E-state index in [4.69, 9.17) is 0 Å². The summed E-state index contributed by atoms with van der Waals surface area (Å²) in [6, 6.07) is 10.6. The average molecular weight is 342 g/mol. The Hall–Kier alpha value is -2.90. The average Bonchev–Trinajstić information content (AvgIpc) is 3.43. The first-order valence-electron chi connectivity index (χ1n) is 8.34. The van der Waals surface area contributed by atoms with Gasteiger partial charge in [-0.1, -0.05) is 18.2 Å². The summed E-state index contributed by atoms with van der Waals surface area (Å²) >= 11 is 0. The summed E-state index contributed by atoms with van der Waals surface area (Å²) in [6.45, 7) is 2.71. The Balaban J connectivity index is 1.65. The van der Waals surface area contributed by atoms with Crippen LogP contribution in [0.1, 0.15) is 19.8 Å². The van der Waals surface area contributed by atoms with E-state index in [1.807, 2.05) is 25.2 Å². The largest absolute Gasteiger partial charge is 0.370 e. The second-order valence-electron chi connectivity index (χ2n) is 6.28. The predicted molar refractivity (Wildman–Crippen MR) is 98.1 cm³/mol. The zero-order chi connectivity index (χ0) is 17.8. The number of likely N-dealkylation sites (N-methyl/N-ethyl adjacent to an activating group) is 1. The molecule has 8 nitrogen and oxygen atoms in total. The topological polar surface area (TPSA) is 96.2 Å². The molecule has 0 amide bonds. The van der Waals surface area contributed by atoms with Gasteiger partial charge in [-0.3, -0.25) is 10.1 Å². The maximum absolute atomic E-state index is 11.1. The van der Waals surface area contributed by atoms with Gasteiger partial charge in [0.25, 0.3) is 0 Å². The van der Waals surface area contributed by atoms with Crippen LogP contribution in [-0.4, -0.2) is 40.6 Å². The summed E-state index contributed by atoms with van der Waals surface area (Å²) in [4.78, 5) is 21.2. The SMILES string of the molecule is C[C@@H](CNc1ncc([N+](=O)[O-])c(NC2CC2)n1)N(C)c1ccccc1. The molecule has 132 valence electrons. The molecule has 1 aromatic heterocycles. The third-order valence-corrected chi connectivity index (χ3v) is 4.26. The van der Waals surface area contributed by atoms with E-state index in [1.165, 1.54) is 6.20 Å². The molecule has 0 radical (unpaired) electrons. The van der Waals surface area contributed by atoms with E-state index in [-0.39, 0.29) is 23.6 Å². The van der Waals surface area contributed by atoms with Crippen molar-refractivity contribution in [2.45, 2.75) is 31.8 Å². The Morgan fingerprint density at radius 3 is 2.72 bits per heavy atom. The highest BCUT2D eigenvalue weighted by molar-refractivity contribution is 5.58. The minimum atomic E-state index is -0.458. The fourth-order valence-corrected chi connectivity index (χ4v) is 2.42. The van der Waals surface area contributed by atoms with Gasteiger partial charge in [-0.2, -0.15) is 4.98 Å². The summed E-state index contributed by atoms with van der Waals surface area (Å²) in [6.07, 6.45) is 3.29. The number of nitrogens with one attached hydrogen (secondary N) is 2. The Labute approximate surface area is 146 Å². The molecule has 2 aromatic rings. The van der Waals surface area contributed by atoms with Crippen LogP contribution >= 0.6 is 0 Å². The van der Waals surface area contributed by atoms with E-state index in [0.29, 0.717) is 12.5 Å². The lowest BCUT2D eigenvalue weighted by Gasteiger charge is -2.27. The molecule has 1 aromatic carbocycles. The van der Waals surface area contributed by atoms with Crippen molar-refractivity contribution < 1.29 is 4.92 Å². The van der Waals surface area contributed by atoms with Crippen LogP contribution in [0.25, 0.3) is 0 Å². The van der Waals surface area contributed by atoms with Crippen LogP contribution < -0.4 is 15.5 Å². The first-order valence-corrected chi connectivity index (χ1v) is 8.34. The van der Waals surface area contributed by atoms with Crippen molar-refractivity contribution in [1.82, 2.24) is 9.97 Å². The lowest BCUT2D eigenvalue weighted by molar-refractivity contribution is -0.384. The Bertz CT molecular complexity index is 735. The standard InChI is InChI=1S/C17H22N6O2/c1-12(22(2)14-6-4-3-5-7-14)10-18-17-19-11-15(23(24)25)16(21-17)20-13-8-9-13/h3-7,11-13H,8-10H2,1-2H3,(H2,18,19,20,21)/t12-/m0/s1. The lowest BCUT2D eigenvalue weighted by atomic mass is 10.2. The number of rotatable bonds is 8. The van der Waals surface area contributed by atoms with Crippen molar-refractivity contribution in [2.75, 3.05) is 29.1 Å². The molecular formula is C17H22N6O2. The van der Waals surface area contributed by atoms with Gasteiger partial charge in [0.1, 0.15) is 6.20 Å². The van der Waals surface area contributed by atoms with Gasteiger partial charge in [0.15, 0.2) is 0 Å². The molecule has 0 saturated heterocycles. The molecule has 1 saturated carbocycles. The van der Waals surface area contributed by atoms with Crippen LogP contribution in [0.3, 0.4) is 0 Å². The molecular weight excluding hydrogens is 320 g/mol. The fraction of sp³-hybridized carbons (Fsp3) is 0.412. The quantitative estimate of drug-likeness (QED) is 0.562. The van der Waals surface area contributed by atoms with E-state index in [2.05, 4.69) is 44.6 Å². The number of anilines is 3. The van der Waals surface area contributed by atoms with E-state index >= 15 is 0 Å². The van der Waals surface area contributed by atoms with Crippen molar-refractivity contribution in [3.63, 3.8) is 0 Å². The predicted octanol–water partition coefficient (Wildman–Crippen LogP) is 2.90. The molecule has 0 spiro atoms. The van der Waals surface area contributed by atoms with Crippen LogP contribution in [0.2, 0.25) is 0 Å². The molecule has 2 N–H and O–H groups in total. The number of nitro groups is 1. The molecule has 25 heavy (non-hydrogen) atoms. The number of nitrogens with zero attached hydrogens (tertiary/aromatic N) is 4. The third kappa shape index (κ3) is 4.34. The zero-order valence-electron chi connectivity index (χ0n) is 14.3. The van der Waals surface area contributed by atoms with Gasteiger partial charge >= 0.3 is 5.69 Å². The molecule has 3 rings (SSSR count). The summed E-state index contributed by atoms with van der Waals surface area (Å²) in [5.41, 5.74) is 1.03. The summed E-state index contributed by atoms with van der Waals surface area (Å²) in [5, 5.41) is 17.4. The Kier molecular flexibility index (Phi) is 4.97. The number of hydrogen-bond acceptors (Lipinski definition) is 7. The van der Waals surface area contributed by atoms with Crippen LogP contribution in [-0.2, 0) is 0 Å². The van der Waals surface area contributed by atoms with Gasteiger partial charge in [0.2, 0.25) is 11.8 Å². The minimum absolute atomic E-state index is 0.0908. The maximum atomic E-state index is 11.1. The second-order valence-corrected chi connectivity index (χ2v) is 6.28. The normalized spacial score (nSPS) is 14.6. The molecule has 1 heterocycles. The van der Waals surface area contributed by atoms with E-state index in [9.17, 15) is 10.1 Å². The third-order valence-electron chi connectivity index (χ3n) is 4.26. The fourth-order valence-electron chi connectivity index (χ4n) is 2.42. The van der Waals surface area contributed by atoms with Crippen molar-refractivity contribution in [3.05, 3.63) is 46.6 Å². The summed E-state index contributed by atoms with van der Waals surface area (Å²) in [5.74, 6) is 0.677. The van der Waals surface area contributed by atoms with Gasteiger partial charge in [0.05, 0.1) is 4.92 Å². The number of aromatic nitrogens is 2. The molecule has 1 atom stereocenters. The van der Waals surface area contributed by atoms with E-state index < -0.39 is 4.92 Å². The summed E-state index contributed by atoms with van der Waals surface area (Å²) in [7, 11) is 2.03. The number of para-hydroxylation sites is 1. The molecule has 0 aliphatic heterocycles. The maximum Gasteiger partial charge on any atom is 0.329 e. The first kappa shape index (κ1) is 16.9. The molecule has 0 unspecified atom stereocenters. The van der Waals surface area contributed by atoms with Crippen LogP contribution in [0.5, 0.6) is 0 Å². The second kappa shape index (κ2) is 7.33. The Morgan fingerprint density at radius 2 is 2.08 bits per heavy atom. The van der Waals surface area contributed by atoms with Gasteiger partial charge in [-0.05, 0) is 31.9 Å². The molecule has 0 bridgehead atoms. The van der Waals surface area contributed by atoms with Crippen LogP contribution in [0.4, 0.5) is 23.1 Å². The van der Waals surface area contributed by atoms with Crippen molar-refractivity contribution in [1.29, 1.82) is 0 Å². The number of benzene rings is 1. The van der Waals surface area contributed by atoms with Gasteiger partial charge in [-0.15, -0.1) is 0 Å². The Morgan fingerprint density at radius 1 is 1.36 bits per heavy atom. The summed E-state index contributed by atoms with van der Waals surface area (Å²) < 4.78 is 0. The highest BCUT2D eigenvalue weighted by Crippen LogP contribution is 2.29. The van der Waals surface area contributed by atoms with E-state index in [0.717, 1.165) is 18.5 Å². The highest BCUT2D eigenvalue weighted by Gasteiger charge is 2.26. The monoisotopic (exact) mass is 342 g/mol. The molecule has 1 aliphatic rings. The van der Waals surface area contributed by atoms with Gasteiger partial charge < -0.3 is 15.5 Å². The molecule has 8 heteroatoms. The zero-order valence-corrected chi connectivity index (χ0v) is 14.3. The van der Waals surface area contributed by atoms with Crippen molar-refractivity contribution >= 4 is 23.1 Å². The first-order chi connectivity index (χ1) is 12.0. The van der Waals surface area contributed by atoms with E-state index in [1.54, 1.807) is 0 Å². The van der Waals surface area contributed by atoms with Crippen LogP contribution in [0, 0.1) is 10.1 Å². The number of hydrogen-bond donors (Lipinski definition) is 2. The van der Waals surface area contributed by atoms with Gasteiger partial charge in [0, 0.05) is 31.4 Å². The van der Waals surface area contributed by atoms with Crippen LogP contribution in [0.15, 0.2) is 36.5 Å². The highest BCUT2D eigenvalue weighted by atomic mass is 16.6. The smallest absolute Gasteiger partial charge is 0.329 e. The van der Waals surface area contributed by atoms with Crippen molar-refractivity contribution in [2.24, 2.45) is 0 Å². The molecule has 1 aliphatic carbocycles. The van der Waals surface area contributed by atoms with Crippen molar-refractivity contribution in [3.8, 4) is 0 Å².